The van der Waals surface area contributed by atoms with Gasteiger partial charge in [0.2, 0.25) is 5.91 Å². The zero-order chi connectivity index (χ0) is 11.8. The van der Waals surface area contributed by atoms with Gasteiger partial charge in [-0.2, -0.15) is 0 Å². The summed E-state index contributed by atoms with van der Waals surface area (Å²) in [5.41, 5.74) is 0. The molecule has 0 aromatic heterocycles. The van der Waals surface area contributed by atoms with E-state index in [1.54, 1.807) is 7.05 Å². The Kier molecular flexibility index (Phi) is 6.42. The van der Waals surface area contributed by atoms with Crippen LogP contribution in [0.4, 0.5) is 0 Å². The molecule has 1 rings (SSSR count). The summed E-state index contributed by atoms with van der Waals surface area (Å²) < 4.78 is 5.69. The Balaban J connectivity index is 2.06. The van der Waals surface area contributed by atoms with E-state index in [-0.39, 0.29) is 5.91 Å². The number of rotatable bonds is 6. The Morgan fingerprint density at radius 3 is 2.56 bits per heavy atom. The van der Waals surface area contributed by atoms with Gasteiger partial charge in [-0.3, -0.25) is 4.79 Å². The molecule has 0 radical (unpaired) electrons. The Labute approximate surface area is 98.1 Å². The molecular weight excluding hydrogens is 204 g/mol. The summed E-state index contributed by atoms with van der Waals surface area (Å²) in [5, 5.41) is 6.07. The van der Waals surface area contributed by atoms with Gasteiger partial charge in [-0.05, 0) is 32.2 Å². The lowest BCUT2D eigenvalue weighted by molar-refractivity contribution is -0.122. The summed E-state index contributed by atoms with van der Waals surface area (Å²) in [7, 11) is 1.66. The van der Waals surface area contributed by atoms with E-state index in [2.05, 4.69) is 17.6 Å². The van der Waals surface area contributed by atoms with Crippen LogP contribution in [0, 0.1) is 0 Å². The molecule has 4 heteroatoms. The second-order valence-electron chi connectivity index (χ2n) is 4.33. The Hall–Kier alpha value is -0.610. The van der Waals surface area contributed by atoms with Gasteiger partial charge in [-0.15, -0.1) is 0 Å². The number of hydrogen-bond acceptors (Lipinski definition) is 3. The third-order valence-corrected chi connectivity index (χ3v) is 3.13. The van der Waals surface area contributed by atoms with Gasteiger partial charge >= 0.3 is 0 Å². The van der Waals surface area contributed by atoms with Crippen LogP contribution in [0.25, 0.3) is 0 Å². The molecule has 1 amide bonds. The van der Waals surface area contributed by atoms with Crippen molar-refractivity contribution < 1.29 is 9.53 Å². The van der Waals surface area contributed by atoms with E-state index < -0.39 is 0 Å². The van der Waals surface area contributed by atoms with Crippen molar-refractivity contribution in [2.45, 2.75) is 51.2 Å². The van der Waals surface area contributed by atoms with Crippen molar-refractivity contribution >= 4 is 5.91 Å². The first-order valence-corrected chi connectivity index (χ1v) is 6.31. The molecule has 0 aliphatic heterocycles. The Bertz CT molecular complexity index is 201. The third kappa shape index (κ3) is 4.94. The van der Waals surface area contributed by atoms with Crippen molar-refractivity contribution in [1.29, 1.82) is 0 Å². The number of carbonyl (C=O) groups excluding carboxylic acids is 1. The molecule has 0 spiro atoms. The van der Waals surface area contributed by atoms with Crippen LogP contribution < -0.4 is 10.6 Å². The Morgan fingerprint density at radius 2 is 2.00 bits per heavy atom. The van der Waals surface area contributed by atoms with Crippen molar-refractivity contribution in [2.24, 2.45) is 0 Å². The van der Waals surface area contributed by atoms with E-state index in [9.17, 15) is 4.79 Å². The van der Waals surface area contributed by atoms with Gasteiger partial charge in [0.05, 0.1) is 12.7 Å². The van der Waals surface area contributed by atoms with E-state index in [0.29, 0.717) is 25.2 Å². The minimum atomic E-state index is 0.0568. The molecule has 0 saturated heterocycles. The first-order valence-electron chi connectivity index (χ1n) is 6.31. The van der Waals surface area contributed by atoms with Crippen LogP contribution in [0.5, 0.6) is 0 Å². The number of carbonyl (C=O) groups is 1. The van der Waals surface area contributed by atoms with Gasteiger partial charge in [0.1, 0.15) is 0 Å². The molecule has 0 heterocycles. The normalized spacial score (nSPS) is 25.4. The molecular formula is C12H24N2O2. The van der Waals surface area contributed by atoms with E-state index in [1.807, 2.05) is 0 Å². The van der Waals surface area contributed by atoms with Crippen molar-refractivity contribution in [3.63, 3.8) is 0 Å². The smallest absolute Gasteiger partial charge is 0.222 e. The highest BCUT2D eigenvalue weighted by Gasteiger charge is 2.20. The first kappa shape index (κ1) is 13.5. The predicted octanol–water partition coefficient (Wildman–Crippen LogP) is 1.06. The summed E-state index contributed by atoms with van der Waals surface area (Å²) in [6.07, 6.45) is 5.46. The molecule has 94 valence electrons. The quantitative estimate of drug-likeness (QED) is 0.714. The SMILES string of the molecule is CCNC1CCC(OCCC(=O)NC)CC1. The molecule has 1 fully saturated rings. The van der Waals surface area contributed by atoms with Crippen LogP contribution in [-0.4, -0.2) is 38.3 Å². The van der Waals surface area contributed by atoms with Gasteiger partial charge in [-0.25, -0.2) is 0 Å². The molecule has 2 N–H and O–H groups in total. The van der Waals surface area contributed by atoms with Crippen LogP contribution >= 0.6 is 0 Å². The maximum atomic E-state index is 11.0. The largest absolute Gasteiger partial charge is 0.378 e. The summed E-state index contributed by atoms with van der Waals surface area (Å²) in [6.45, 7) is 3.75. The topological polar surface area (TPSA) is 50.4 Å². The fourth-order valence-electron chi connectivity index (χ4n) is 2.17. The second-order valence-corrected chi connectivity index (χ2v) is 4.33. The lowest BCUT2D eigenvalue weighted by Gasteiger charge is -2.28. The van der Waals surface area contributed by atoms with Gasteiger partial charge in [0.25, 0.3) is 0 Å². The Morgan fingerprint density at radius 1 is 1.31 bits per heavy atom. The van der Waals surface area contributed by atoms with Crippen molar-refractivity contribution in [3.8, 4) is 0 Å². The van der Waals surface area contributed by atoms with Crippen LogP contribution in [0.15, 0.2) is 0 Å². The minimum absolute atomic E-state index is 0.0568. The zero-order valence-corrected chi connectivity index (χ0v) is 10.4. The number of nitrogens with one attached hydrogen (secondary N) is 2. The summed E-state index contributed by atoms with van der Waals surface area (Å²) in [4.78, 5) is 11.0. The third-order valence-electron chi connectivity index (χ3n) is 3.13. The maximum absolute atomic E-state index is 11.0. The predicted molar refractivity (Wildman–Crippen MR) is 64.4 cm³/mol. The lowest BCUT2D eigenvalue weighted by Crippen LogP contribution is -2.35. The lowest BCUT2D eigenvalue weighted by atomic mass is 9.93. The molecule has 1 aliphatic rings. The van der Waals surface area contributed by atoms with Crippen LogP contribution in [0.2, 0.25) is 0 Å². The maximum Gasteiger partial charge on any atom is 0.222 e. The van der Waals surface area contributed by atoms with Crippen LogP contribution in [0.1, 0.15) is 39.0 Å². The van der Waals surface area contributed by atoms with Crippen molar-refractivity contribution in [2.75, 3.05) is 20.2 Å². The van der Waals surface area contributed by atoms with E-state index in [4.69, 9.17) is 4.74 Å². The molecule has 0 aromatic rings. The summed E-state index contributed by atoms with van der Waals surface area (Å²) in [5.74, 6) is 0.0568. The van der Waals surface area contributed by atoms with E-state index in [1.165, 1.54) is 12.8 Å². The molecule has 0 unspecified atom stereocenters. The van der Waals surface area contributed by atoms with Crippen molar-refractivity contribution in [1.82, 2.24) is 10.6 Å². The fourth-order valence-corrected chi connectivity index (χ4v) is 2.17. The summed E-state index contributed by atoms with van der Waals surface area (Å²) in [6, 6.07) is 0.670. The van der Waals surface area contributed by atoms with Gasteiger partial charge in [0, 0.05) is 19.5 Å². The van der Waals surface area contributed by atoms with Gasteiger partial charge < -0.3 is 15.4 Å². The monoisotopic (exact) mass is 228 g/mol. The average Bonchev–Trinajstić information content (AvgIpc) is 2.31. The highest BCUT2D eigenvalue weighted by Crippen LogP contribution is 2.21. The van der Waals surface area contributed by atoms with E-state index in [0.717, 1.165) is 19.4 Å². The van der Waals surface area contributed by atoms with Gasteiger partial charge in [0.15, 0.2) is 0 Å². The van der Waals surface area contributed by atoms with Crippen LogP contribution in [0.3, 0.4) is 0 Å². The number of ether oxygens (including phenoxy) is 1. The van der Waals surface area contributed by atoms with Crippen molar-refractivity contribution in [3.05, 3.63) is 0 Å². The molecule has 4 nitrogen and oxygen atoms in total. The molecule has 1 saturated carbocycles. The highest BCUT2D eigenvalue weighted by molar-refractivity contribution is 5.75. The molecule has 0 atom stereocenters. The zero-order valence-electron chi connectivity index (χ0n) is 10.4. The fraction of sp³-hybridized carbons (Fsp3) is 0.917. The standard InChI is InChI=1S/C12H24N2O2/c1-3-14-10-4-6-11(7-5-10)16-9-8-12(15)13-2/h10-11,14H,3-9H2,1-2H3,(H,13,15). The molecule has 16 heavy (non-hydrogen) atoms. The number of hydrogen-bond donors (Lipinski definition) is 2. The highest BCUT2D eigenvalue weighted by atomic mass is 16.5. The first-order chi connectivity index (χ1) is 7.76. The molecule has 0 bridgehead atoms. The molecule has 0 aromatic carbocycles. The number of amides is 1. The minimum Gasteiger partial charge on any atom is -0.378 e. The van der Waals surface area contributed by atoms with E-state index >= 15 is 0 Å². The second kappa shape index (κ2) is 7.63. The molecule has 1 aliphatic carbocycles. The van der Waals surface area contributed by atoms with Gasteiger partial charge in [-0.1, -0.05) is 6.92 Å². The van der Waals surface area contributed by atoms with Crippen LogP contribution in [-0.2, 0) is 9.53 Å². The average molecular weight is 228 g/mol. The summed E-state index contributed by atoms with van der Waals surface area (Å²) >= 11 is 0.